The Morgan fingerprint density at radius 3 is 2.80 bits per heavy atom. The molecular formula is C22H21N7O. The number of fused-ring (bicyclic) bond motifs is 1. The van der Waals surface area contributed by atoms with Crippen LogP contribution in [0.1, 0.15) is 16.1 Å². The van der Waals surface area contributed by atoms with E-state index in [0.717, 1.165) is 41.2 Å². The third-order valence-electron chi connectivity index (χ3n) is 5.35. The molecule has 1 saturated heterocycles. The van der Waals surface area contributed by atoms with Crippen LogP contribution in [0, 0.1) is 0 Å². The first-order valence-electron chi connectivity index (χ1n) is 9.79. The van der Waals surface area contributed by atoms with Gasteiger partial charge in [-0.2, -0.15) is 0 Å². The Morgan fingerprint density at radius 2 is 2.03 bits per heavy atom. The lowest BCUT2D eigenvalue weighted by molar-refractivity contribution is 0.0992. The van der Waals surface area contributed by atoms with E-state index in [1.54, 1.807) is 31.0 Å². The van der Waals surface area contributed by atoms with E-state index in [2.05, 4.69) is 19.9 Å². The Hall–Kier alpha value is -3.65. The topological polar surface area (TPSA) is 103 Å². The molecule has 1 aliphatic rings. The van der Waals surface area contributed by atoms with Crippen molar-refractivity contribution < 1.29 is 4.79 Å². The molecule has 0 amide bonds. The number of Topliss-reactive ketones (excluding diaryl/α,β-unsaturated/α-hetero) is 1. The minimum absolute atomic E-state index is 0.00175. The van der Waals surface area contributed by atoms with Gasteiger partial charge in [-0.15, -0.1) is 0 Å². The molecule has 150 valence electrons. The van der Waals surface area contributed by atoms with Crippen LogP contribution in [0.2, 0.25) is 0 Å². The number of anilines is 1. The highest BCUT2D eigenvalue weighted by atomic mass is 16.1. The number of hydrogen-bond acceptors (Lipinski definition) is 7. The number of carbonyl (C=O) groups excluding carboxylic acids is 1. The molecule has 4 aromatic rings. The van der Waals surface area contributed by atoms with Crippen molar-refractivity contribution in [2.45, 2.75) is 12.5 Å². The summed E-state index contributed by atoms with van der Waals surface area (Å²) in [6, 6.07) is 9.56. The Labute approximate surface area is 173 Å². The quantitative estimate of drug-likeness (QED) is 0.512. The predicted molar refractivity (Wildman–Crippen MR) is 114 cm³/mol. The molecule has 0 aliphatic carbocycles. The van der Waals surface area contributed by atoms with Gasteiger partial charge in [-0.3, -0.25) is 9.78 Å². The second kappa shape index (κ2) is 7.31. The largest absolute Gasteiger partial charge is 0.353 e. The van der Waals surface area contributed by atoms with Crippen molar-refractivity contribution in [2.24, 2.45) is 12.8 Å². The first-order chi connectivity index (χ1) is 14.6. The Balaban J connectivity index is 1.39. The minimum Gasteiger partial charge on any atom is -0.353 e. The lowest BCUT2D eigenvalue weighted by atomic mass is 10.1. The summed E-state index contributed by atoms with van der Waals surface area (Å²) in [7, 11) is 1.93. The van der Waals surface area contributed by atoms with E-state index < -0.39 is 0 Å². The third kappa shape index (κ3) is 3.42. The van der Waals surface area contributed by atoms with E-state index >= 15 is 0 Å². The summed E-state index contributed by atoms with van der Waals surface area (Å²) < 4.78 is 1.92. The highest BCUT2D eigenvalue weighted by Gasteiger charge is 2.24. The maximum absolute atomic E-state index is 12.9. The fraction of sp³-hybridized carbons (Fsp3) is 0.227. The molecule has 1 aliphatic heterocycles. The van der Waals surface area contributed by atoms with Gasteiger partial charge in [-0.05, 0) is 30.3 Å². The van der Waals surface area contributed by atoms with Crippen molar-refractivity contribution in [1.82, 2.24) is 24.5 Å². The zero-order chi connectivity index (χ0) is 20.7. The van der Waals surface area contributed by atoms with Gasteiger partial charge < -0.3 is 15.2 Å². The zero-order valence-corrected chi connectivity index (χ0v) is 16.6. The maximum atomic E-state index is 12.9. The summed E-state index contributed by atoms with van der Waals surface area (Å²) in [5.41, 5.74) is 9.72. The van der Waals surface area contributed by atoms with Crippen molar-refractivity contribution in [3.8, 4) is 11.4 Å². The average molecular weight is 399 g/mol. The van der Waals surface area contributed by atoms with Gasteiger partial charge in [0.2, 0.25) is 0 Å². The van der Waals surface area contributed by atoms with E-state index in [4.69, 9.17) is 10.7 Å². The van der Waals surface area contributed by atoms with E-state index in [0.29, 0.717) is 11.3 Å². The van der Waals surface area contributed by atoms with Crippen molar-refractivity contribution >= 4 is 22.5 Å². The van der Waals surface area contributed by atoms with E-state index in [-0.39, 0.29) is 18.2 Å². The number of aryl methyl sites for hydroxylation is 1. The van der Waals surface area contributed by atoms with Gasteiger partial charge >= 0.3 is 0 Å². The van der Waals surface area contributed by atoms with E-state index in [1.807, 2.05) is 35.9 Å². The summed E-state index contributed by atoms with van der Waals surface area (Å²) >= 11 is 0. The molecule has 0 aromatic carbocycles. The van der Waals surface area contributed by atoms with Crippen molar-refractivity contribution in [2.75, 3.05) is 18.0 Å². The number of aromatic nitrogens is 5. The average Bonchev–Trinajstić information content (AvgIpc) is 3.17. The van der Waals surface area contributed by atoms with E-state index in [9.17, 15) is 4.79 Å². The standard InChI is InChI=1S/C22H21N7O/c1-28-13-24-10-20(28)18-3-2-15-9-26-17(7-19(15)27-18)8-21(30)14-4-5-25-22(6-14)29-11-16(23)12-29/h2-7,9-10,13,16H,8,11-12,23H2,1H3. The van der Waals surface area contributed by atoms with Crippen molar-refractivity contribution in [3.63, 3.8) is 0 Å². The van der Waals surface area contributed by atoms with E-state index in [1.165, 1.54) is 0 Å². The molecule has 8 nitrogen and oxygen atoms in total. The van der Waals surface area contributed by atoms with Crippen LogP contribution in [-0.2, 0) is 13.5 Å². The molecule has 0 bridgehead atoms. The van der Waals surface area contributed by atoms with Gasteiger partial charge in [0.1, 0.15) is 5.82 Å². The maximum Gasteiger partial charge on any atom is 0.169 e. The third-order valence-corrected chi connectivity index (χ3v) is 5.35. The summed E-state index contributed by atoms with van der Waals surface area (Å²) in [4.78, 5) is 32.6. The zero-order valence-electron chi connectivity index (χ0n) is 16.6. The first kappa shape index (κ1) is 18.4. The van der Waals surface area contributed by atoms with Gasteiger partial charge in [0.25, 0.3) is 0 Å². The fourth-order valence-electron chi connectivity index (χ4n) is 3.63. The number of ketones is 1. The number of nitrogens with two attached hydrogens (primary N) is 1. The Morgan fingerprint density at radius 1 is 1.17 bits per heavy atom. The lowest BCUT2D eigenvalue weighted by Gasteiger charge is -2.37. The number of carbonyl (C=O) groups is 1. The molecule has 1 fully saturated rings. The van der Waals surface area contributed by atoms with Gasteiger partial charge in [-0.1, -0.05) is 0 Å². The molecule has 8 heteroatoms. The molecule has 0 radical (unpaired) electrons. The summed E-state index contributed by atoms with van der Waals surface area (Å²) in [6.45, 7) is 1.53. The van der Waals surface area contributed by atoms with Crippen LogP contribution in [0.25, 0.3) is 22.3 Å². The number of rotatable bonds is 5. The second-order valence-electron chi connectivity index (χ2n) is 7.62. The van der Waals surface area contributed by atoms with Gasteiger partial charge in [-0.25, -0.2) is 15.0 Å². The number of hydrogen-bond donors (Lipinski definition) is 1. The van der Waals surface area contributed by atoms with Crippen LogP contribution in [0.3, 0.4) is 0 Å². The van der Waals surface area contributed by atoms with Gasteiger partial charge in [0.15, 0.2) is 5.78 Å². The molecule has 2 N–H and O–H groups in total. The van der Waals surface area contributed by atoms with Crippen molar-refractivity contribution in [3.05, 3.63) is 66.5 Å². The predicted octanol–water partition coefficient (Wildman–Crippen LogP) is 2.00. The molecule has 0 atom stereocenters. The normalized spacial score (nSPS) is 14.1. The summed E-state index contributed by atoms with van der Waals surface area (Å²) in [6.07, 6.45) is 7.16. The fourth-order valence-corrected chi connectivity index (χ4v) is 3.63. The Bertz CT molecular complexity index is 1240. The summed E-state index contributed by atoms with van der Waals surface area (Å²) in [5.74, 6) is 0.787. The van der Waals surface area contributed by atoms with Crippen LogP contribution in [0.4, 0.5) is 5.82 Å². The smallest absolute Gasteiger partial charge is 0.169 e. The number of imidazole rings is 1. The lowest BCUT2D eigenvalue weighted by Crippen LogP contribution is -2.56. The molecule has 4 aromatic heterocycles. The molecule has 5 heterocycles. The highest BCUT2D eigenvalue weighted by Crippen LogP contribution is 2.22. The van der Waals surface area contributed by atoms with Crippen LogP contribution in [0.5, 0.6) is 0 Å². The van der Waals surface area contributed by atoms with Gasteiger partial charge in [0, 0.05) is 49.5 Å². The SMILES string of the molecule is Cn1cncc1-c1ccc2cnc(CC(=O)c3ccnc(N4CC(N)C4)c3)cc2n1. The Kier molecular flexibility index (Phi) is 4.48. The molecule has 0 spiro atoms. The first-order valence-corrected chi connectivity index (χ1v) is 9.79. The molecule has 30 heavy (non-hydrogen) atoms. The molecule has 5 rings (SSSR count). The van der Waals surface area contributed by atoms with Crippen LogP contribution >= 0.6 is 0 Å². The number of nitrogens with zero attached hydrogens (tertiary/aromatic N) is 6. The molecule has 0 saturated carbocycles. The van der Waals surface area contributed by atoms with Crippen molar-refractivity contribution in [1.29, 1.82) is 0 Å². The van der Waals surface area contributed by atoms with Crippen LogP contribution < -0.4 is 10.6 Å². The second-order valence-corrected chi connectivity index (χ2v) is 7.62. The monoisotopic (exact) mass is 399 g/mol. The summed E-state index contributed by atoms with van der Waals surface area (Å²) in [5, 5.41) is 0.928. The van der Waals surface area contributed by atoms with Crippen LogP contribution in [-0.4, -0.2) is 49.4 Å². The molecular weight excluding hydrogens is 378 g/mol. The highest BCUT2D eigenvalue weighted by molar-refractivity contribution is 5.98. The number of pyridine rings is 3. The molecule has 0 unspecified atom stereocenters. The minimum atomic E-state index is -0.00175. The van der Waals surface area contributed by atoms with Gasteiger partial charge in [0.05, 0.1) is 41.5 Å². The van der Waals surface area contributed by atoms with Crippen LogP contribution in [0.15, 0.2) is 55.2 Å².